The summed E-state index contributed by atoms with van der Waals surface area (Å²) in [5, 5.41) is 12.0. The van der Waals surface area contributed by atoms with E-state index in [4.69, 9.17) is 5.11 Å². The second kappa shape index (κ2) is 4.30. The van der Waals surface area contributed by atoms with Crippen molar-refractivity contribution in [3.8, 4) is 0 Å². The summed E-state index contributed by atoms with van der Waals surface area (Å²) >= 11 is 0. The molecule has 1 saturated heterocycles. The van der Waals surface area contributed by atoms with E-state index in [9.17, 15) is 4.79 Å². The van der Waals surface area contributed by atoms with E-state index >= 15 is 0 Å². The normalized spacial score (nSPS) is 24.1. The average molecular weight is 172 g/mol. The molecule has 70 valence electrons. The van der Waals surface area contributed by atoms with Crippen LogP contribution in [0.15, 0.2) is 0 Å². The van der Waals surface area contributed by atoms with E-state index in [0.29, 0.717) is 6.54 Å². The fraction of sp³-hybridized carbons (Fsp3) is 0.875. The smallest absolute Gasteiger partial charge is 0.408 e. The van der Waals surface area contributed by atoms with E-state index in [0.717, 1.165) is 25.8 Å². The summed E-state index contributed by atoms with van der Waals surface area (Å²) in [6, 6.07) is 0. The van der Waals surface area contributed by atoms with E-state index < -0.39 is 6.09 Å². The highest BCUT2D eigenvalue weighted by Crippen LogP contribution is 2.14. The van der Waals surface area contributed by atoms with Crippen molar-refractivity contribution in [2.24, 2.45) is 0 Å². The molecule has 2 N–H and O–H groups in total. The fourth-order valence-corrected chi connectivity index (χ4v) is 1.61. The number of nitrogens with one attached hydrogen (secondary N) is 1. The summed E-state index contributed by atoms with van der Waals surface area (Å²) in [5.74, 6) is 0. The number of likely N-dealkylation sites (tertiary alicyclic amines) is 1. The SMILES string of the molecule is CCNC1CCCCN1C(=O)O. The lowest BCUT2D eigenvalue weighted by atomic mass is 10.1. The van der Waals surface area contributed by atoms with Crippen molar-refractivity contribution in [2.75, 3.05) is 13.1 Å². The van der Waals surface area contributed by atoms with E-state index in [-0.39, 0.29) is 6.17 Å². The van der Waals surface area contributed by atoms with Gasteiger partial charge in [0, 0.05) is 6.54 Å². The molecule has 4 heteroatoms. The van der Waals surface area contributed by atoms with E-state index in [1.54, 1.807) is 0 Å². The maximum absolute atomic E-state index is 10.7. The molecule has 0 aromatic rings. The maximum atomic E-state index is 10.7. The predicted octanol–water partition coefficient (Wildman–Crippen LogP) is 1.09. The molecule has 0 spiro atoms. The van der Waals surface area contributed by atoms with Gasteiger partial charge in [0.2, 0.25) is 0 Å². The minimum Gasteiger partial charge on any atom is -0.465 e. The molecule has 0 aliphatic carbocycles. The number of hydrogen-bond donors (Lipinski definition) is 2. The van der Waals surface area contributed by atoms with Gasteiger partial charge in [0.25, 0.3) is 0 Å². The third-order valence-corrected chi connectivity index (χ3v) is 2.19. The van der Waals surface area contributed by atoms with Gasteiger partial charge < -0.3 is 5.11 Å². The Kier molecular flexibility index (Phi) is 3.34. The second-order valence-corrected chi connectivity index (χ2v) is 3.05. The molecule has 1 amide bonds. The number of piperidine rings is 1. The lowest BCUT2D eigenvalue weighted by Crippen LogP contribution is -2.50. The van der Waals surface area contributed by atoms with Gasteiger partial charge in [-0.05, 0) is 25.8 Å². The van der Waals surface area contributed by atoms with Gasteiger partial charge in [0.15, 0.2) is 0 Å². The molecular formula is C8H16N2O2. The zero-order chi connectivity index (χ0) is 8.97. The van der Waals surface area contributed by atoms with Crippen LogP contribution in [0.3, 0.4) is 0 Å². The predicted molar refractivity (Wildman–Crippen MR) is 46.0 cm³/mol. The monoisotopic (exact) mass is 172 g/mol. The molecule has 0 radical (unpaired) electrons. The fourth-order valence-electron chi connectivity index (χ4n) is 1.61. The molecule has 1 fully saturated rings. The summed E-state index contributed by atoms with van der Waals surface area (Å²) < 4.78 is 0. The van der Waals surface area contributed by atoms with Gasteiger partial charge in [-0.3, -0.25) is 10.2 Å². The first-order valence-corrected chi connectivity index (χ1v) is 4.48. The standard InChI is InChI=1S/C8H16N2O2/c1-2-9-7-5-3-4-6-10(7)8(11)12/h7,9H,2-6H2,1H3,(H,11,12). The van der Waals surface area contributed by atoms with Gasteiger partial charge >= 0.3 is 6.09 Å². The van der Waals surface area contributed by atoms with Crippen LogP contribution in [0.2, 0.25) is 0 Å². The molecule has 1 unspecified atom stereocenters. The number of rotatable bonds is 2. The third-order valence-electron chi connectivity index (χ3n) is 2.19. The average Bonchev–Trinajstić information content (AvgIpc) is 2.05. The summed E-state index contributed by atoms with van der Waals surface area (Å²) in [6.07, 6.45) is 2.30. The first-order chi connectivity index (χ1) is 5.75. The van der Waals surface area contributed by atoms with Gasteiger partial charge in [-0.15, -0.1) is 0 Å². The number of nitrogens with zero attached hydrogens (tertiary/aromatic N) is 1. The van der Waals surface area contributed by atoms with Crippen molar-refractivity contribution in [3.63, 3.8) is 0 Å². The zero-order valence-electron chi connectivity index (χ0n) is 7.42. The van der Waals surface area contributed by atoms with Gasteiger partial charge in [-0.1, -0.05) is 6.92 Å². The third kappa shape index (κ3) is 2.11. The topological polar surface area (TPSA) is 52.6 Å². The number of amides is 1. The number of carboxylic acid groups (broad SMARTS) is 1. The molecule has 0 saturated carbocycles. The van der Waals surface area contributed by atoms with Crippen LogP contribution >= 0.6 is 0 Å². The molecule has 1 atom stereocenters. The lowest BCUT2D eigenvalue weighted by Gasteiger charge is -2.33. The highest BCUT2D eigenvalue weighted by molar-refractivity contribution is 5.65. The largest absolute Gasteiger partial charge is 0.465 e. The lowest BCUT2D eigenvalue weighted by molar-refractivity contribution is 0.0947. The van der Waals surface area contributed by atoms with Crippen LogP contribution in [0.4, 0.5) is 4.79 Å². The van der Waals surface area contributed by atoms with Gasteiger partial charge in [-0.2, -0.15) is 0 Å². The highest BCUT2D eigenvalue weighted by atomic mass is 16.4. The van der Waals surface area contributed by atoms with Crippen LogP contribution in [0, 0.1) is 0 Å². The Labute approximate surface area is 72.6 Å². The van der Waals surface area contributed by atoms with Crippen molar-refractivity contribution in [3.05, 3.63) is 0 Å². The Bertz CT molecular complexity index is 159. The minimum atomic E-state index is -0.805. The van der Waals surface area contributed by atoms with Gasteiger partial charge in [0.1, 0.15) is 0 Å². The van der Waals surface area contributed by atoms with Crippen molar-refractivity contribution < 1.29 is 9.90 Å². The van der Waals surface area contributed by atoms with Crippen LogP contribution in [0.5, 0.6) is 0 Å². The Morgan fingerprint density at radius 1 is 1.67 bits per heavy atom. The molecule has 12 heavy (non-hydrogen) atoms. The molecular weight excluding hydrogens is 156 g/mol. The molecule has 1 aliphatic heterocycles. The molecule has 0 bridgehead atoms. The maximum Gasteiger partial charge on any atom is 0.408 e. The summed E-state index contributed by atoms with van der Waals surface area (Å²) in [5.41, 5.74) is 0. The van der Waals surface area contributed by atoms with Crippen molar-refractivity contribution in [2.45, 2.75) is 32.4 Å². The van der Waals surface area contributed by atoms with Crippen LogP contribution in [0.1, 0.15) is 26.2 Å². The molecule has 1 heterocycles. The minimum absolute atomic E-state index is 0.0428. The first-order valence-electron chi connectivity index (χ1n) is 4.48. The Balaban J connectivity index is 2.48. The van der Waals surface area contributed by atoms with Crippen LogP contribution in [-0.2, 0) is 0 Å². The zero-order valence-corrected chi connectivity index (χ0v) is 7.42. The van der Waals surface area contributed by atoms with Crippen LogP contribution in [0.25, 0.3) is 0 Å². The van der Waals surface area contributed by atoms with E-state index in [1.807, 2.05) is 6.92 Å². The van der Waals surface area contributed by atoms with Crippen molar-refractivity contribution in [1.29, 1.82) is 0 Å². The Morgan fingerprint density at radius 2 is 2.42 bits per heavy atom. The highest BCUT2D eigenvalue weighted by Gasteiger charge is 2.24. The molecule has 4 nitrogen and oxygen atoms in total. The Hall–Kier alpha value is -0.770. The number of carbonyl (C=O) groups is 1. The number of hydrogen-bond acceptors (Lipinski definition) is 2. The van der Waals surface area contributed by atoms with Crippen molar-refractivity contribution >= 4 is 6.09 Å². The Morgan fingerprint density at radius 3 is 3.00 bits per heavy atom. The quantitative estimate of drug-likeness (QED) is 0.655. The first kappa shape index (κ1) is 9.32. The summed E-state index contributed by atoms with van der Waals surface area (Å²) in [4.78, 5) is 12.2. The van der Waals surface area contributed by atoms with Crippen LogP contribution < -0.4 is 5.32 Å². The molecule has 1 aliphatic rings. The summed E-state index contributed by atoms with van der Waals surface area (Å²) in [6.45, 7) is 3.50. The van der Waals surface area contributed by atoms with E-state index in [2.05, 4.69) is 5.32 Å². The van der Waals surface area contributed by atoms with E-state index in [1.165, 1.54) is 4.90 Å². The second-order valence-electron chi connectivity index (χ2n) is 3.05. The van der Waals surface area contributed by atoms with Gasteiger partial charge in [-0.25, -0.2) is 4.79 Å². The molecule has 0 aromatic carbocycles. The molecule has 0 aromatic heterocycles. The van der Waals surface area contributed by atoms with Crippen molar-refractivity contribution in [1.82, 2.24) is 10.2 Å². The molecule has 1 rings (SSSR count). The summed E-state index contributed by atoms with van der Waals surface area (Å²) in [7, 11) is 0. The van der Waals surface area contributed by atoms with Crippen LogP contribution in [-0.4, -0.2) is 35.4 Å². The van der Waals surface area contributed by atoms with Gasteiger partial charge in [0.05, 0.1) is 6.17 Å².